The number of benzene rings is 1. The Bertz CT molecular complexity index is 953. The first-order valence-corrected chi connectivity index (χ1v) is 8.62. The number of aromatic nitrogens is 1. The second-order valence-corrected chi connectivity index (χ2v) is 6.48. The number of thiophene rings is 1. The van der Waals surface area contributed by atoms with Gasteiger partial charge in [0, 0.05) is 10.9 Å². The maximum Gasteiger partial charge on any atom is 0.224 e. The van der Waals surface area contributed by atoms with Crippen LogP contribution in [0.15, 0.2) is 64.6 Å². The van der Waals surface area contributed by atoms with Gasteiger partial charge < -0.3 is 14.7 Å². The summed E-state index contributed by atoms with van der Waals surface area (Å²) in [5, 5.41) is 6.05. The van der Waals surface area contributed by atoms with Crippen molar-refractivity contribution in [3.63, 3.8) is 0 Å². The number of amides is 1. The molecule has 2 N–H and O–H groups in total. The Labute approximate surface area is 143 Å². The zero-order valence-corrected chi connectivity index (χ0v) is 13.7. The number of nitrogens with one attached hydrogen (secondary N) is 2. The minimum atomic E-state index is -0.0195. The first kappa shape index (κ1) is 14.8. The van der Waals surface area contributed by atoms with Gasteiger partial charge in [-0.2, -0.15) is 0 Å². The third-order valence-electron chi connectivity index (χ3n) is 3.96. The largest absolute Gasteiger partial charge is 0.467 e. The van der Waals surface area contributed by atoms with Gasteiger partial charge in [-0.25, -0.2) is 0 Å². The minimum Gasteiger partial charge on any atom is -0.467 e. The Morgan fingerprint density at radius 2 is 2.04 bits per heavy atom. The number of rotatable bonds is 5. The monoisotopic (exact) mass is 336 g/mol. The molecule has 3 heterocycles. The summed E-state index contributed by atoms with van der Waals surface area (Å²) in [6.07, 6.45) is 1.94. The van der Waals surface area contributed by atoms with E-state index in [0.717, 1.165) is 32.8 Å². The van der Waals surface area contributed by atoms with Crippen molar-refractivity contribution in [1.82, 2.24) is 10.3 Å². The highest BCUT2D eigenvalue weighted by Gasteiger charge is 2.16. The molecule has 0 bridgehead atoms. The number of carbonyl (C=O) groups excluding carboxylic acids is 1. The van der Waals surface area contributed by atoms with Crippen molar-refractivity contribution < 1.29 is 9.21 Å². The standard InChI is InChI=1S/C19H16N2O2S/c22-18(20-12-13-5-3-9-23-13)11-15-14-6-1-2-7-16(14)21-19(15)17-8-4-10-24-17/h1-10,21H,11-12H2,(H,20,22). The third-order valence-corrected chi connectivity index (χ3v) is 4.85. The van der Waals surface area contributed by atoms with Crippen LogP contribution < -0.4 is 5.32 Å². The molecular weight excluding hydrogens is 320 g/mol. The summed E-state index contributed by atoms with van der Waals surface area (Å²) < 4.78 is 5.25. The van der Waals surface area contributed by atoms with Crippen molar-refractivity contribution in [3.8, 4) is 10.6 Å². The fraction of sp³-hybridized carbons (Fsp3) is 0.105. The second-order valence-electron chi connectivity index (χ2n) is 5.53. The first-order chi connectivity index (χ1) is 11.8. The molecule has 4 nitrogen and oxygen atoms in total. The van der Waals surface area contributed by atoms with E-state index in [-0.39, 0.29) is 5.91 Å². The summed E-state index contributed by atoms with van der Waals surface area (Å²) in [5.74, 6) is 0.731. The van der Waals surface area contributed by atoms with Crippen LogP contribution in [0.3, 0.4) is 0 Å². The number of carbonyl (C=O) groups is 1. The lowest BCUT2D eigenvalue weighted by Gasteiger charge is -2.05. The van der Waals surface area contributed by atoms with Crippen molar-refractivity contribution in [2.45, 2.75) is 13.0 Å². The third kappa shape index (κ3) is 2.86. The molecule has 0 radical (unpaired) electrons. The van der Waals surface area contributed by atoms with Gasteiger partial charge in [0.05, 0.1) is 29.8 Å². The molecule has 3 aromatic heterocycles. The average molecular weight is 336 g/mol. The number of fused-ring (bicyclic) bond motifs is 1. The van der Waals surface area contributed by atoms with Crippen LogP contribution in [0.25, 0.3) is 21.5 Å². The number of H-pyrrole nitrogens is 1. The van der Waals surface area contributed by atoms with Crippen LogP contribution in [0.5, 0.6) is 0 Å². The Hall–Kier alpha value is -2.79. The maximum absolute atomic E-state index is 12.4. The summed E-state index contributed by atoms with van der Waals surface area (Å²) in [6.45, 7) is 0.405. The van der Waals surface area contributed by atoms with Crippen molar-refractivity contribution >= 4 is 28.1 Å². The Morgan fingerprint density at radius 1 is 1.12 bits per heavy atom. The lowest BCUT2D eigenvalue weighted by atomic mass is 10.1. The van der Waals surface area contributed by atoms with E-state index in [1.807, 2.05) is 41.8 Å². The van der Waals surface area contributed by atoms with E-state index in [2.05, 4.69) is 22.4 Å². The molecule has 0 aliphatic heterocycles. The molecule has 0 saturated heterocycles. The summed E-state index contributed by atoms with van der Waals surface area (Å²) in [5.41, 5.74) is 3.11. The Kier molecular flexibility index (Phi) is 3.92. The van der Waals surface area contributed by atoms with Crippen LogP contribution in [0, 0.1) is 0 Å². The number of aromatic amines is 1. The Morgan fingerprint density at radius 3 is 2.83 bits per heavy atom. The van der Waals surface area contributed by atoms with Gasteiger partial charge in [0.1, 0.15) is 5.76 Å². The Balaban J connectivity index is 1.62. The highest BCUT2D eigenvalue weighted by Crippen LogP contribution is 2.33. The van der Waals surface area contributed by atoms with E-state index in [0.29, 0.717) is 13.0 Å². The molecule has 0 saturated carbocycles. The zero-order valence-electron chi connectivity index (χ0n) is 12.9. The van der Waals surface area contributed by atoms with Crippen LogP contribution >= 0.6 is 11.3 Å². The minimum absolute atomic E-state index is 0.0195. The summed E-state index contributed by atoms with van der Waals surface area (Å²) in [7, 11) is 0. The first-order valence-electron chi connectivity index (χ1n) is 7.74. The maximum atomic E-state index is 12.4. The SMILES string of the molecule is O=C(Cc1c(-c2cccs2)[nH]c2ccccc12)NCc1ccco1. The van der Waals surface area contributed by atoms with Gasteiger partial charge in [0.15, 0.2) is 0 Å². The molecule has 0 aliphatic carbocycles. The number of hydrogen-bond acceptors (Lipinski definition) is 3. The van der Waals surface area contributed by atoms with Crippen LogP contribution in [0.2, 0.25) is 0 Å². The number of furan rings is 1. The van der Waals surface area contributed by atoms with Gasteiger partial charge in [-0.15, -0.1) is 11.3 Å². The van der Waals surface area contributed by atoms with E-state index in [1.165, 1.54) is 0 Å². The normalized spacial score (nSPS) is 11.0. The quantitative estimate of drug-likeness (QED) is 0.569. The molecule has 0 aliphatic rings. The number of hydrogen-bond donors (Lipinski definition) is 2. The molecule has 24 heavy (non-hydrogen) atoms. The van der Waals surface area contributed by atoms with Gasteiger partial charge >= 0.3 is 0 Å². The molecule has 0 unspecified atom stereocenters. The molecular formula is C19H16N2O2S. The van der Waals surface area contributed by atoms with Gasteiger partial charge in [-0.1, -0.05) is 24.3 Å². The predicted octanol–water partition coefficient (Wildman–Crippen LogP) is 4.35. The van der Waals surface area contributed by atoms with E-state index in [1.54, 1.807) is 17.6 Å². The molecule has 0 spiro atoms. The van der Waals surface area contributed by atoms with Crippen LogP contribution in [-0.4, -0.2) is 10.9 Å². The average Bonchev–Trinajstić information content (AvgIpc) is 3.34. The van der Waals surface area contributed by atoms with Gasteiger partial charge in [-0.3, -0.25) is 4.79 Å². The zero-order chi connectivity index (χ0) is 16.4. The molecule has 1 aromatic carbocycles. The summed E-state index contributed by atoms with van der Waals surface area (Å²) in [4.78, 5) is 17.0. The second kappa shape index (κ2) is 6.37. The number of para-hydroxylation sites is 1. The predicted molar refractivity (Wildman–Crippen MR) is 95.9 cm³/mol. The fourth-order valence-corrected chi connectivity index (χ4v) is 3.59. The molecule has 5 heteroatoms. The van der Waals surface area contributed by atoms with Crippen LogP contribution in [-0.2, 0) is 17.8 Å². The van der Waals surface area contributed by atoms with E-state index in [9.17, 15) is 4.79 Å². The molecule has 4 rings (SSSR count). The van der Waals surface area contributed by atoms with Gasteiger partial charge in [0.2, 0.25) is 5.91 Å². The molecule has 0 fully saturated rings. The lowest BCUT2D eigenvalue weighted by molar-refractivity contribution is -0.120. The van der Waals surface area contributed by atoms with Crippen molar-refractivity contribution in [3.05, 3.63) is 71.5 Å². The molecule has 0 atom stereocenters. The molecule has 120 valence electrons. The highest BCUT2D eigenvalue weighted by molar-refractivity contribution is 7.13. The summed E-state index contributed by atoms with van der Waals surface area (Å²) in [6, 6.07) is 15.8. The van der Waals surface area contributed by atoms with E-state index < -0.39 is 0 Å². The topological polar surface area (TPSA) is 58.0 Å². The van der Waals surface area contributed by atoms with Gasteiger partial charge in [-0.05, 0) is 35.2 Å². The van der Waals surface area contributed by atoms with Crippen molar-refractivity contribution in [2.75, 3.05) is 0 Å². The van der Waals surface area contributed by atoms with Crippen molar-refractivity contribution in [1.29, 1.82) is 0 Å². The van der Waals surface area contributed by atoms with Gasteiger partial charge in [0.25, 0.3) is 0 Å². The lowest BCUT2D eigenvalue weighted by Crippen LogP contribution is -2.24. The summed E-state index contributed by atoms with van der Waals surface area (Å²) >= 11 is 1.67. The molecule has 4 aromatic rings. The van der Waals surface area contributed by atoms with Crippen molar-refractivity contribution in [2.24, 2.45) is 0 Å². The smallest absolute Gasteiger partial charge is 0.224 e. The highest BCUT2D eigenvalue weighted by atomic mass is 32.1. The van der Waals surface area contributed by atoms with Crippen LogP contribution in [0.1, 0.15) is 11.3 Å². The van der Waals surface area contributed by atoms with E-state index in [4.69, 9.17) is 4.42 Å². The molecule has 1 amide bonds. The fourth-order valence-electron chi connectivity index (χ4n) is 2.84. The van der Waals surface area contributed by atoms with E-state index >= 15 is 0 Å². The van der Waals surface area contributed by atoms with Crippen LogP contribution in [0.4, 0.5) is 0 Å².